The van der Waals surface area contributed by atoms with Crippen molar-refractivity contribution in [2.75, 3.05) is 0 Å². The average Bonchev–Trinajstić information content (AvgIpc) is 2.53. The van der Waals surface area contributed by atoms with Crippen LogP contribution in [0, 0.1) is 11.3 Å². The highest BCUT2D eigenvalue weighted by Gasteiger charge is 2.05. The summed E-state index contributed by atoms with van der Waals surface area (Å²) in [5, 5.41) is 11.6. The first-order valence-electron chi connectivity index (χ1n) is 6.59. The number of aryl methyl sites for hydroxylation is 1. The molecule has 0 heterocycles. The van der Waals surface area contributed by atoms with Gasteiger partial charge in [-0.15, -0.1) is 0 Å². The first-order valence-corrected chi connectivity index (χ1v) is 6.59. The van der Waals surface area contributed by atoms with Crippen LogP contribution in [0.1, 0.15) is 34.0 Å². The van der Waals surface area contributed by atoms with Crippen LogP contribution in [0.25, 0.3) is 0 Å². The SMILES string of the molecule is CCc1ccc(CNC(=O)c2ccc(C#N)cc2)cc1. The van der Waals surface area contributed by atoms with Crippen LogP contribution < -0.4 is 5.32 Å². The second-order valence-corrected chi connectivity index (χ2v) is 4.54. The molecular weight excluding hydrogens is 248 g/mol. The molecule has 0 spiro atoms. The molecule has 1 N–H and O–H groups in total. The lowest BCUT2D eigenvalue weighted by molar-refractivity contribution is 0.0951. The van der Waals surface area contributed by atoms with E-state index in [4.69, 9.17) is 5.26 Å². The Morgan fingerprint density at radius 3 is 2.20 bits per heavy atom. The van der Waals surface area contributed by atoms with Gasteiger partial charge in [0.2, 0.25) is 0 Å². The highest BCUT2D eigenvalue weighted by Crippen LogP contribution is 2.06. The van der Waals surface area contributed by atoms with Crippen molar-refractivity contribution in [3.8, 4) is 6.07 Å². The number of nitriles is 1. The van der Waals surface area contributed by atoms with Gasteiger partial charge in [0.15, 0.2) is 0 Å². The van der Waals surface area contributed by atoms with Crippen LogP contribution in [0.4, 0.5) is 0 Å². The summed E-state index contributed by atoms with van der Waals surface area (Å²) in [6.45, 7) is 2.62. The van der Waals surface area contributed by atoms with Gasteiger partial charge in [0.1, 0.15) is 0 Å². The van der Waals surface area contributed by atoms with E-state index in [2.05, 4.69) is 24.4 Å². The number of carbonyl (C=O) groups is 1. The van der Waals surface area contributed by atoms with E-state index in [1.807, 2.05) is 18.2 Å². The lowest BCUT2D eigenvalue weighted by Crippen LogP contribution is -2.22. The molecule has 3 nitrogen and oxygen atoms in total. The molecule has 0 atom stereocenters. The minimum atomic E-state index is -0.131. The standard InChI is InChI=1S/C17H16N2O/c1-2-13-3-5-15(6-4-13)12-19-17(20)16-9-7-14(11-18)8-10-16/h3-10H,2,12H2,1H3,(H,19,20). The van der Waals surface area contributed by atoms with Gasteiger partial charge in [0.05, 0.1) is 11.6 Å². The Morgan fingerprint density at radius 2 is 1.65 bits per heavy atom. The van der Waals surface area contributed by atoms with Gasteiger partial charge < -0.3 is 5.32 Å². The molecule has 0 bridgehead atoms. The maximum Gasteiger partial charge on any atom is 0.251 e. The Labute approximate surface area is 118 Å². The fourth-order valence-corrected chi connectivity index (χ4v) is 1.87. The molecule has 0 aliphatic rings. The highest BCUT2D eigenvalue weighted by atomic mass is 16.1. The van der Waals surface area contributed by atoms with Crippen molar-refractivity contribution in [1.82, 2.24) is 5.32 Å². The monoisotopic (exact) mass is 264 g/mol. The molecule has 2 aromatic carbocycles. The molecule has 0 aromatic heterocycles. The number of nitrogens with one attached hydrogen (secondary N) is 1. The van der Waals surface area contributed by atoms with Crippen molar-refractivity contribution in [1.29, 1.82) is 5.26 Å². The third-order valence-corrected chi connectivity index (χ3v) is 3.16. The second kappa shape index (κ2) is 6.53. The predicted octanol–water partition coefficient (Wildman–Crippen LogP) is 3.05. The first kappa shape index (κ1) is 13.8. The van der Waals surface area contributed by atoms with Gasteiger partial charge in [-0.25, -0.2) is 0 Å². The third-order valence-electron chi connectivity index (χ3n) is 3.16. The molecule has 0 saturated heterocycles. The second-order valence-electron chi connectivity index (χ2n) is 4.54. The van der Waals surface area contributed by atoms with Gasteiger partial charge in [0, 0.05) is 12.1 Å². The molecule has 20 heavy (non-hydrogen) atoms. The fourth-order valence-electron chi connectivity index (χ4n) is 1.87. The van der Waals surface area contributed by atoms with Gasteiger partial charge in [-0.2, -0.15) is 5.26 Å². The van der Waals surface area contributed by atoms with Gasteiger partial charge in [-0.05, 0) is 41.8 Å². The molecule has 2 aromatic rings. The number of hydrogen-bond donors (Lipinski definition) is 1. The summed E-state index contributed by atoms with van der Waals surface area (Å²) < 4.78 is 0. The van der Waals surface area contributed by atoms with E-state index >= 15 is 0 Å². The van der Waals surface area contributed by atoms with Crippen LogP contribution in [0.3, 0.4) is 0 Å². The van der Waals surface area contributed by atoms with Crippen molar-refractivity contribution < 1.29 is 4.79 Å². The molecule has 0 unspecified atom stereocenters. The van der Waals surface area contributed by atoms with E-state index < -0.39 is 0 Å². The van der Waals surface area contributed by atoms with Crippen LogP contribution in [-0.4, -0.2) is 5.91 Å². The number of nitrogens with zero attached hydrogens (tertiary/aromatic N) is 1. The van der Waals surface area contributed by atoms with Crippen molar-refractivity contribution in [2.45, 2.75) is 19.9 Å². The molecule has 0 radical (unpaired) electrons. The normalized spacial score (nSPS) is 9.80. The van der Waals surface area contributed by atoms with Crippen LogP contribution in [0.5, 0.6) is 0 Å². The van der Waals surface area contributed by atoms with Gasteiger partial charge in [-0.1, -0.05) is 31.2 Å². The van der Waals surface area contributed by atoms with E-state index in [-0.39, 0.29) is 5.91 Å². The van der Waals surface area contributed by atoms with E-state index in [0.717, 1.165) is 12.0 Å². The minimum Gasteiger partial charge on any atom is -0.348 e. The largest absolute Gasteiger partial charge is 0.348 e. The molecule has 3 heteroatoms. The Bertz CT molecular complexity index is 622. The summed E-state index contributed by atoms with van der Waals surface area (Å²) in [5.41, 5.74) is 3.47. The van der Waals surface area contributed by atoms with E-state index in [1.165, 1.54) is 5.56 Å². The molecule has 1 amide bonds. The smallest absolute Gasteiger partial charge is 0.251 e. The Hall–Kier alpha value is -2.60. The zero-order valence-electron chi connectivity index (χ0n) is 11.4. The van der Waals surface area contributed by atoms with Gasteiger partial charge in [0.25, 0.3) is 5.91 Å². The average molecular weight is 264 g/mol. The Balaban J connectivity index is 1.95. The number of hydrogen-bond acceptors (Lipinski definition) is 2. The number of rotatable bonds is 4. The lowest BCUT2D eigenvalue weighted by Gasteiger charge is -2.06. The summed E-state index contributed by atoms with van der Waals surface area (Å²) in [6, 6.07) is 16.8. The summed E-state index contributed by atoms with van der Waals surface area (Å²) in [6.07, 6.45) is 1.01. The summed E-state index contributed by atoms with van der Waals surface area (Å²) >= 11 is 0. The van der Waals surface area contributed by atoms with E-state index in [1.54, 1.807) is 24.3 Å². The summed E-state index contributed by atoms with van der Waals surface area (Å²) in [5.74, 6) is -0.131. The molecule has 2 rings (SSSR count). The van der Waals surface area contributed by atoms with E-state index in [9.17, 15) is 4.79 Å². The third kappa shape index (κ3) is 3.46. The van der Waals surface area contributed by atoms with E-state index in [0.29, 0.717) is 17.7 Å². The maximum absolute atomic E-state index is 11.9. The van der Waals surface area contributed by atoms with Crippen LogP contribution in [-0.2, 0) is 13.0 Å². The molecular formula is C17H16N2O. The van der Waals surface area contributed by atoms with Crippen molar-refractivity contribution in [3.63, 3.8) is 0 Å². The fraction of sp³-hybridized carbons (Fsp3) is 0.176. The zero-order chi connectivity index (χ0) is 14.4. The molecule has 0 aliphatic heterocycles. The number of carbonyl (C=O) groups excluding carboxylic acids is 1. The topological polar surface area (TPSA) is 52.9 Å². The summed E-state index contributed by atoms with van der Waals surface area (Å²) in [4.78, 5) is 11.9. The number of benzene rings is 2. The Morgan fingerprint density at radius 1 is 1.05 bits per heavy atom. The minimum absolute atomic E-state index is 0.131. The van der Waals surface area contributed by atoms with Gasteiger partial charge in [-0.3, -0.25) is 4.79 Å². The quantitative estimate of drug-likeness (QED) is 0.922. The molecule has 0 saturated carbocycles. The van der Waals surface area contributed by atoms with Crippen molar-refractivity contribution in [3.05, 3.63) is 70.8 Å². The van der Waals surface area contributed by atoms with Crippen LogP contribution in [0.15, 0.2) is 48.5 Å². The van der Waals surface area contributed by atoms with Crippen molar-refractivity contribution >= 4 is 5.91 Å². The van der Waals surface area contributed by atoms with Crippen molar-refractivity contribution in [2.24, 2.45) is 0 Å². The lowest BCUT2D eigenvalue weighted by atomic mass is 10.1. The first-order chi connectivity index (χ1) is 9.72. The predicted molar refractivity (Wildman–Crippen MR) is 78.1 cm³/mol. The Kier molecular flexibility index (Phi) is 4.52. The summed E-state index contributed by atoms with van der Waals surface area (Å²) in [7, 11) is 0. The van der Waals surface area contributed by atoms with Crippen LogP contribution >= 0.6 is 0 Å². The molecule has 0 aliphatic carbocycles. The highest BCUT2D eigenvalue weighted by molar-refractivity contribution is 5.94. The zero-order valence-corrected chi connectivity index (χ0v) is 11.4. The van der Waals surface area contributed by atoms with Crippen LogP contribution in [0.2, 0.25) is 0 Å². The van der Waals surface area contributed by atoms with Gasteiger partial charge >= 0.3 is 0 Å². The maximum atomic E-state index is 11.9. The molecule has 100 valence electrons. The number of amides is 1. The molecule has 0 fully saturated rings.